The zero-order chi connectivity index (χ0) is 17.0. The lowest BCUT2D eigenvalue weighted by Crippen LogP contribution is -2.24. The highest BCUT2D eigenvalue weighted by Gasteiger charge is 2.28. The van der Waals surface area contributed by atoms with Crippen LogP contribution in [0.4, 0.5) is 5.82 Å². The fraction of sp³-hybridized carbons (Fsp3) is 0.625. The van der Waals surface area contributed by atoms with Crippen molar-refractivity contribution < 1.29 is 9.53 Å². The number of nitrogen functional groups attached to an aromatic ring is 1. The molecule has 1 aliphatic rings. The van der Waals surface area contributed by atoms with E-state index in [1.54, 1.807) is 6.33 Å². The van der Waals surface area contributed by atoms with E-state index in [0.717, 1.165) is 31.3 Å². The molecule has 0 aliphatic heterocycles. The standard InChI is InChI=1S/C14H19N5O2.C2H6/c1-8-17-12(15)11-13(18-8)19(7-16-11)10-5-3-9(4-6-10)14(20)21-2;1-2/h7,9-10H,3-6H2,1-2H3,(H2,15,17,18);1-2H3. The van der Waals surface area contributed by atoms with E-state index >= 15 is 0 Å². The first-order valence-electron chi connectivity index (χ1n) is 8.14. The minimum absolute atomic E-state index is 0.0162. The van der Waals surface area contributed by atoms with Gasteiger partial charge in [-0.2, -0.15) is 0 Å². The molecule has 0 saturated heterocycles. The van der Waals surface area contributed by atoms with Gasteiger partial charge in [-0.1, -0.05) is 13.8 Å². The van der Waals surface area contributed by atoms with E-state index in [9.17, 15) is 4.79 Å². The van der Waals surface area contributed by atoms with Crippen molar-refractivity contribution in [2.75, 3.05) is 12.8 Å². The maximum absolute atomic E-state index is 11.6. The van der Waals surface area contributed by atoms with Crippen LogP contribution < -0.4 is 5.73 Å². The molecule has 23 heavy (non-hydrogen) atoms. The Labute approximate surface area is 136 Å². The summed E-state index contributed by atoms with van der Waals surface area (Å²) in [6, 6.07) is 0.296. The summed E-state index contributed by atoms with van der Waals surface area (Å²) in [5.41, 5.74) is 7.32. The van der Waals surface area contributed by atoms with E-state index in [0.29, 0.717) is 23.2 Å². The van der Waals surface area contributed by atoms with E-state index in [4.69, 9.17) is 10.5 Å². The number of anilines is 1. The van der Waals surface area contributed by atoms with Crippen LogP contribution in [0.25, 0.3) is 11.2 Å². The Morgan fingerprint density at radius 1 is 1.26 bits per heavy atom. The van der Waals surface area contributed by atoms with E-state index < -0.39 is 0 Å². The van der Waals surface area contributed by atoms with E-state index in [1.807, 2.05) is 20.8 Å². The highest BCUT2D eigenvalue weighted by molar-refractivity contribution is 5.81. The maximum Gasteiger partial charge on any atom is 0.308 e. The van der Waals surface area contributed by atoms with Gasteiger partial charge in [0, 0.05) is 6.04 Å². The highest BCUT2D eigenvalue weighted by Crippen LogP contribution is 2.34. The van der Waals surface area contributed by atoms with Crippen molar-refractivity contribution in [3.05, 3.63) is 12.2 Å². The molecule has 2 aromatic heterocycles. The number of aryl methyl sites for hydroxylation is 1. The molecule has 1 saturated carbocycles. The third-order valence-corrected chi connectivity index (χ3v) is 4.18. The zero-order valence-corrected chi connectivity index (χ0v) is 14.2. The molecule has 0 amide bonds. The highest BCUT2D eigenvalue weighted by atomic mass is 16.5. The van der Waals surface area contributed by atoms with Crippen LogP contribution in [0, 0.1) is 12.8 Å². The average molecular weight is 319 g/mol. The largest absolute Gasteiger partial charge is 0.469 e. The van der Waals surface area contributed by atoms with E-state index in [-0.39, 0.29) is 11.9 Å². The predicted octanol–water partition coefficient (Wildman–Crippen LogP) is 2.65. The number of aromatic nitrogens is 4. The van der Waals surface area contributed by atoms with Crippen LogP contribution in [0.1, 0.15) is 51.4 Å². The molecule has 0 bridgehead atoms. The quantitative estimate of drug-likeness (QED) is 0.855. The van der Waals surface area contributed by atoms with Crippen LogP contribution in [0.15, 0.2) is 6.33 Å². The second-order valence-electron chi connectivity index (χ2n) is 5.51. The van der Waals surface area contributed by atoms with E-state index in [2.05, 4.69) is 19.5 Å². The number of rotatable bonds is 2. The molecule has 0 aromatic carbocycles. The SMILES string of the molecule is CC.COC(=O)C1CCC(n2cnc3c(N)nc(C)nc32)CC1. The van der Waals surface area contributed by atoms with E-state index in [1.165, 1.54) is 7.11 Å². The number of ether oxygens (including phenoxy) is 1. The van der Waals surface area contributed by atoms with Crippen molar-refractivity contribution in [3.8, 4) is 0 Å². The molecule has 2 aromatic rings. The minimum atomic E-state index is -0.105. The van der Waals surface area contributed by atoms with Crippen LogP contribution in [0.2, 0.25) is 0 Å². The molecular formula is C16H25N5O2. The van der Waals surface area contributed by atoms with Gasteiger partial charge in [0.2, 0.25) is 0 Å². The second-order valence-corrected chi connectivity index (χ2v) is 5.51. The molecule has 7 nitrogen and oxygen atoms in total. The zero-order valence-electron chi connectivity index (χ0n) is 14.2. The summed E-state index contributed by atoms with van der Waals surface area (Å²) < 4.78 is 6.89. The lowest BCUT2D eigenvalue weighted by atomic mass is 9.86. The number of esters is 1. The Morgan fingerprint density at radius 3 is 2.52 bits per heavy atom. The molecule has 0 spiro atoms. The average Bonchev–Trinajstić information content (AvgIpc) is 3.00. The van der Waals surface area contributed by atoms with Crippen molar-refractivity contribution in [1.29, 1.82) is 0 Å². The molecule has 0 radical (unpaired) electrons. The second kappa shape index (κ2) is 7.39. The van der Waals surface area contributed by atoms with Crippen LogP contribution in [0.3, 0.4) is 0 Å². The summed E-state index contributed by atoms with van der Waals surface area (Å²) in [5.74, 6) is 0.971. The summed E-state index contributed by atoms with van der Waals surface area (Å²) in [6.07, 6.45) is 5.26. The molecule has 0 unspecified atom stereocenters. The third-order valence-electron chi connectivity index (χ3n) is 4.18. The molecule has 7 heteroatoms. The Kier molecular flexibility index (Phi) is 5.52. The topological polar surface area (TPSA) is 95.9 Å². The monoisotopic (exact) mass is 319 g/mol. The van der Waals surface area contributed by atoms with Gasteiger partial charge in [-0.05, 0) is 32.6 Å². The van der Waals surface area contributed by atoms with Gasteiger partial charge in [-0.3, -0.25) is 4.79 Å². The lowest BCUT2D eigenvalue weighted by Gasteiger charge is -2.27. The van der Waals surface area contributed by atoms with Gasteiger partial charge in [-0.25, -0.2) is 15.0 Å². The van der Waals surface area contributed by atoms with Crippen molar-refractivity contribution in [2.45, 2.75) is 52.5 Å². The molecule has 2 heterocycles. The number of imidazole rings is 1. The first kappa shape index (κ1) is 17.2. The summed E-state index contributed by atoms with van der Waals surface area (Å²) in [4.78, 5) is 24.5. The number of fused-ring (bicyclic) bond motifs is 1. The predicted molar refractivity (Wildman–Crippen MR) is 88.8 cm³/mol. The number of nitrogens with two attached hydrogens (primary N) is 1. The summed E-state index contributed by atoms with van der Waals surface area (Å²) in [7, 11) is 1.44. The number of methoxy groups -OCH3 is 1. The molecule has 1 fully saturated rings. The van der Waals surface area contributed by atoms with Gasteiger partial charge in [0.25, 0.3) is 0 Å². The minimum Gasteiger partial charge on any atom is -0.469 e. The first-order chi connectivity index (χ1) is 11.1. The van der Waals surface area contributed by atoms with Crippen LogP contribution in [0.5, 0.6) is 0 Å². The lowest BCUT2D eigenvalue weighted by molar-refractivity contribution is -0.146. The van der Waals surface area contributed by atoms with Gasteiger partial charge in [-0.15, -0.1) is 0 Å². The molecular weight excluding hydrogens is 294 g/mol. The summed E-state index contributed by atoms with van der Waals surface area (Å²) >= 11 is 0. The normalized spacial score (nSPS) is 20.7. The number of hydrogen-bond donors (Lipinski definition) is 1. The number of hydrogen-bond acceptors (Lipinski definition) is 6. The Hall–Kier alpha value is -2.18. The smallest absolute Gasteiger partial charge is 0.308 e. The first-order valence-corrected chi connectivity index (χ1v) is 8.14. The van der Waals surface area contributed by atoms with Crippen LogP contribution >= 0.6 is 0 Å². The molecule has 0 atom stereocenters. The number of nitrogens with zero attached hydrogens (tertiary/aromatic N) is 4. The van der Waals surface area contributed by atoms with Crippen molar-refractivity contribution in [3.63, 3.8) is 0 Å². The van der Waals surface area contributed by atoms with Crippen LogP contribution in [-0.2, 0) is 9.53 Å². The van der Waals surface area contributed by atoms with Crippen molar-refractivity contribution in [1.82, 2.24) is 19.5 Å². The third kappa shape index (κ3) is 3.43. The molecule has 126 valence electrons. The van der Waals surface area contributed by atoms with Gasteiger partial charge in [0.1, 0.15) is 11.3 Å². The Morgan fingerprint density at radius 2 is 1.91 bits per heavy atom. The number of carbonyl (C=O) groups is 1. The van der Waals surface area contributed by atoms with Gasteiger partial charge >= 0.3 is 5.97 Å². The Balaban J connectivity index is 0.000000924. The summed E-state index contributed by atoms with van der Waals surface area (Å²) in [6.45, 7) is 5.82. The summed E-state index contributed by atoms with van der Waals surface area (Å²) in [5, 5.41) is 0. The van der Waals surface area contributed by atoms with Gasteiger partial charge in [0.15, 0.2) is 11.5 Å². The van der Waals surface area contributed by atoms with Gasteiger partial charge < -0.3 is 15.0 Å². The fourth-order valence-corrected chi connectivity index (χ4v) is 3.08. The number of carbonyl (C=O) groups excluding carboxylic acids is 1. The van der Waals surface area contributed by atoms with Crippen molar-refractivity contribution in [2.24, 2.45) is 5.92 Å². The molecule has 3 rings (SSSR count). The molecule has 1 aliphatic carbocycles. The molecule has 2 N–H and O–H groups in total. The van der Waals surface area contributed by atoms with Crippen LogP contribution in [-0.4, -0.2) is 32.6 Å². The maximum atomic E-state index is 11.6. The van der Waals surface area contributed by atoms with Crippen molar-refractivity contribution >= 4 is 23.0 Å². The fourth-order valence-electron chi connectivity index (χ4n) is 3.08. The Bertz CT molecular complexity index is 674. The van der Waals surface area contributed by atoms with Gasteiger partial charge in [0.05, 0.1) is 19.4 Å².